The third-order valence-corrected chi connectivity index (χ3v) is 3.39. The van der Waals surface area contributed by atoms with Gasteiger partial charge >= 0.3 is 0 Å². The van der Waals surface area contributed by atoms with Gasteiger partial charge in [0.2, 0.25) is 0 Å². The highest BCUT2D eigenvalue weighted by atomic mass is 16.5. The van der Waals surface area contributed by atoms with E-state index in [0.717, 1.165) is 37.5 Å². The molecule has 2 heteroatoms. The van der Waals surface area contributed by atoms with E-state index in [-0.39, 0.29) is 0 Å². The number of nitrogens with one attached hydrogen (secondary N) is 1. The summed E-state index contributed by atoms with van der Waals surface area (Å²) in [6.07, 6.45) is 3.92. The van der Waals surface area contributed by atoms with Crippen molar-refractivity contribution in [3.8, 4) is 0 Å². The molecule has 1 saturated heterocycles. The molecule has 0 aromatic heterocycles. The third-order valence-electron chi connectivity index (χ3n) is 3.39. The molecule has 0 bridgehead atoms. The smallest absolute Gasteiger partial charge is 0.0468 e. The van der Waals surface area contributed by atoms with Gasteiger partial charge in [-0.15, -0.1) is 0 Å². The van der Waals surface area contributed by atoms with Gasteiger partial charge in [-0.1, -0.05) is 13.8 Å². The highest BCUT2D eigenvalue weighted by Gasteiger charge is 2.20. The second-order valence-corrected chi connectivity index (χ2v) is 4.85. The summed E-state index contributed by atoms with van der Waals surface area (Å²) < 4.78 is 5.39. The molecule has 0 aromatic rings. The number of hydrogen-bond acceptors (Lipinski definition) is 2. The second-order valence-electron chi connectivity index (χ2n) is 4.85. The summed E-state index contributed by atoms with van der Waals surface area (Å²) in [5.74, 6) is 2.54. The molecule has 0 radical (unpaired) electrons. The van der Waals surface area contributed by atoms with Crippen LogP contribution in [0.1, 0.15) is 33.1 Å². The lowest BCUT2D eigenvalue weighted by Crippen LogP contribution is -2.27. The summed E-state index contributed by atoms with van der Waals surface area (Å²) in [5, 5.41) is 3.31. The maximum Gasteiger partial charge on any atom is 0.0468 e. The van der Waals surface area contributed by atoms with E-state index < -0.39 is 0 Å². The monoisotopic (exact) mass is 199 g/mol. The lowest BCUT2D eigenvalue weighted by molar-refractivity contribution is 0.0558. The van der Waals surface area contributed by atoms with Crippen molar-refractivity contribution >= 4 is 0 Å². The Kier molecular flexibility index (Phi) is 5.49. The minimum atomic E-state index is 0.797. The molecule has 84 valence electrons. The summed E-state index contributed by atoms with van der Waals surface area (Å²) in [4.78, 5) is 0. The van der Waals surface area contributed by atoms with Gasteiger partial charge < -0.3 is 10.1 Å². The van der Waals surface area contributed by atoms with Crippen LogP contribution >= 0.6 is 0 Å². The largest absolute Gasteiger partial charge is 0.381 e. The van der Waals surface area contributed by atoms with Crippen molar-refractivity contribution < 1.29 is 4.74 Å². The first-order chi connectivity index (χ1) is 6.74. The maximum absolute atomic E-state index is 5.39. The maximum atomic E-state index is 5.39. The van der Waals surface area contributed by atoms with E-state index in [1.54, 1.807) is 0 Å². The van der Waals surface area contributed by atoms with Gasteiger partial charge in [0.05, 0.1) is 0 Å². The first kappa shape index (κ1) is 12.0. The topological polar surface area (TPSA) is 21.3 Å². The molecule has 1 unspecified atom stereocenters. The Morgan fingerprint density at radius 2 is 1.93 bits per heavy atom. The summed E-state index contributed by atoms with van der Waals surface area (Å²) in [7, 11) is 2.05. The van der Waals surface area contributed by atoms with Gasteiger partial charge in [0, 0.05) is 13.2 Å². The number of hydrogen-bond donors (Lipinski definition) is 1. The summed E-state index contributed by atoms with van der Waals surface area (Å²) in [5.41, 5.74) is 0. The average Bonchev–Trinajstić information content (AvgIpc) is 2.18. The Morgan fingerprint density at radius 3 is 2.43 bits per heavy atom. The van der Waals surface area contributed by atoms with Crippen LogP contribution in [0.3, 0.4) is 0 Å². The number of ether oxygens (including phenoxy) is 1. The van der Waals surface area contributed by atoms with Crippen LogP contribution in [0.15, 0.2) is 0 Å². The van der Waals surface area contributed by atoms with Crippen LogP contribution in [0, 0.1) is 17.8 Å². The minimum Gasteiger partial charge on any atom is -0.381 e. The quantitative estimate of drug-likeness (QED) is 0.733. The molecule has 2 nitrogen and oxygen atoms in total. The van der Waals surface area contributed by atoms with Crippen molar-refractivity contribution in [2.24, 2.45) is 17.8 Å². The zero-order chi connectivity index (χ0) is 10.4. The van der Waals surface area contributed by atoms with Gasteiger partial charge in [-0.05, 0) is 50.6 Å². The van der Waals surface area contributed by atoms with E-state index >= 15 is 0 Å². The van der Waals surface area contributed by atoms with Crippen molar-refractivity contribution in [1.29, 1.82) is 0 Å². The third kappa shape index (κ3) is 3.97. The van der Waals surface area contributed by atoms with E-state index in [4.69, 9.17) is 4.74 Å². The molecule has 0 aromatic carbocycles. The lowest BCUT2D eigenvalue weighted by Gasteiger charge is -2.28. The fourth-order valence-electron chi connectivity index (χ4n) is 2.26. The zero-order valence-corrected chi connectivity index (χ0v) is 9.88. The Bertz CT molecular complexity index is 141. The zero-order valence-electron chi connectivity index (χ0n) is 9.88. The molecule has 1 rings (SSSR count). The summed E-state index contributed by atoms with van der Waals surface area (Å²) in [6.45, 7) is 7.79. The molecule has 0 aliphatic carbocycles. The summed E-state index contributed by atoms with van der Waals surface area (Å²) in [6, 6.07) is 0. The van der Waals surface area contributed by atoms with E-state index in [1.807, 2.05) is 0 Å². The molecule has 0 saturated carbocycles. The predicted molar refractivity (Wildman–Crippen MR) is 60.4 cm³/mol. The highest BCUT2D eigenvalue weighted by molar-refractivity contribution is 4.72. The van der Waals surface area contributed by atoms with Crippen molar-refractivity contribution in [2.75, 3.05) is 26.8 Å². The Labute approximate surface area is 88.4 Å². The fourth-order valence-corrected chi connectivity index (χ4v) is 2.26. The molecule has 1 N–H and O–H groups in total. The van der Waals surface area contributed by atoms with Crippen LogP contribution in [-0.2, 0) is 4.74 Å². The van der Waals surface area contributed by atoms with Gasteiger partial charge in [-0.25, -0.2) is 0 Å². The Balaban J connectivity index is 2.29. The van der Waals surface area contributed by atoms with Crippen LogP contribution in [0.5, 0.6) is 0 Å². The minimum absolute atomic E-state index is 0.797. The highest BCUT2D eigenvalue weighted by Crippen LogP contribution is 2.26. The van der Waals surface area contributed by atoms with Gasteiger partial charge in [-0.2, -0.15) is 0 Å². The molecule has 1 atom stereocenters. The van der Waals surface area contributed by atoms with Crippen molar-refractivity contribution in [1.82, 2.24) is 5.32 Å². The van der Waals surface area contributed by atoms with Crippen LogP contribution in [-0.4, -0.2) is 26.8 Å². The van der Waals surface area contributed by atoms with Crippen molar-refractivity contribution in [2.45, 2.75) is 33.1 Å². The molecule has 14 heavy (non-hydrogen) atoms. The molecule has 1 fully saturated rings. The Morgan fingerprint density at radius 1 is 1.29 bits per heavy atom. The molecule has 0 spiro atoms. The molecule has 1 aliphatic heterocycles. The van der Waals surface area contributed by atoms with Crippen LogP contribution in [0.25, 0.3) is 0 Å². The van der Waals surface area contributed by atoms with Crippen LogP contribution in [0.4, 0.5) is 0 Å². The van der Waals surface area contributed by atoms with E-state index in [9.17, 15) is 0 Å². The van der Waals surface area contributed by atoms with Crippen molar-refractivity contribution in [3.63, 3.8) is 0 Å². The van der Waals surface area contributed by atoms with Crippen LogP contribution in [0.2, 0.25) is 0 Å². The van der Waals surface area contributed by atoms with Gasteiger partial charge in [0.1, 0.15) is 0 Å². The summed E-state index contributed by atoms with van der Waals surface area (Å²) >= 11 is 0. The SMILES string of the molecule is CNCC(CC1CCOCC1)C(C)C. The van der Waals surface area contributed by atoms with Crippen molar-refractivity contribution in [3.05, 3.63) is 0 Å². The van der Waals surface area contributed by atoms with Crippen LogP contribution < -0.4 is 5.32 Å². The molecule has 1 heterocycles. The van der Waals surface area contributed by atoms with E-state index in [2.05, 4.69) is 26.2 Å². The lowest BCUT2D eigenvalue weighted by atomic mass is 9.83. The molecular weight excluding hydrogens is 174 g/mol. The van der Waals surface area contributed by atoms with Gasteiger partial charge in [0.25, 0.3) is 0 Å². The van der Waals surface area contributed by atoms with E-state index in [1.165, 1.54) is 19.3 Å². The average molecular weight is 199 g/mol. The van der Waals surface area contributed by atoms with Gasteiger partial charge in [-0.3, -0.25) is 0 Å². The standard InChI is InChI=1S/C12H25NO/c1-10(2)12(9-13-3)8-11-4-6-14-7-5-11/h10-13H,4-9H2,1-3H3. The number of rotatable bonds is 5. The second kappa shape index (κ2) is 6.41. The first-order valence-corrected chi connectivity index (χ1v) is 5.96. The fraction of sp³-hybridized carbons (Fsp3) is 1.00. The first-order valence-electron chi connectivity index (χ1n) is 5.96. The molecular formula is C12H25NO. The van der Waals surface area contributed by atoms with E-state index in [0.29, 0.717) is 0 Å². The van der Waals surface area contributed by atoms with Gasteiger partial charge in [0.15, 0.2) is 0 Å². The Hall–Kier alpha value is -0.0800. The molecule has 0 amide bonds. The predicted octanol–water partition coefficient (Wildman–Crippen LogP) is 2.29. The normalized spacial score (nSPS) is 21.4. The molecule has 1 aliphatic rings.